The summed E-state index contributed by atoms with van der Waals surface area (Å²) in [5, 5.41) is 10.2. The number of hydrogen-bond acceptors (Lipinski definition) is 4. The van der Waals surface area contributed by atoms with E-state index in [1.54, 1.807) is 24.3 Å². The Balaban J connectivity index is 2.13. The molecule has 1 atom stereocenters. The molecule has 25 heavy (non-hydrogen) atoms. The largest absolute Gasteiger partial charge is 0.503 e. The molecule has 0 radical (unpaired) electrons. The molecular formula is C19H16FNO4. The van der Waals surface area contributed by atoms with Crippen LogP contribution in [-0.2, 0) is 9.59 Å². The summed E-state index contributed by atoms with van der Waals surface area (Å²) in [6.45, 7) is 1.28. The van der Waals surface area contributed by atoms with E-state index in [4.69, 9.17) is 4.74 Å². The molecule has 0 aromatic heterocycles. The molecule has 1 aliphatic rings. The van der Waals surface area contributed by atoms with Gasteiger partial charge in [-0.05, 0) is 48.9 Å². The topological polar surface area (TPSA) is 66.8 Å². The van der Waals surface area contributed by atoms with Crippen LogP contribution >= 0.6 is 0 Å². The first-order valence-corrected chi connectivity index (χ1v) is 7.61. The molecule has 1 aliphatic heterocycles. The number of amides is 1. The quantitative estimate of drug-likeness (QED) is 0.926. The molecule has 0 saturated carbocycles. The molecule has 0 aliphatic carbocycles. The number of aliphatic hydroxyl groups is 1. The van der Waals surface area contributed by atoms with Crippen LogP contribution in [0.5, 0.6) is 5.75 Å². The zero-order valence-corrected chi connectivity index (χ0v) is 13.7. The molecule has 128 valence electrons. The van der Waals surface area contributed by atoms with Crippen molar-refractivity contribution in [2.24, 2.45) is 0 Å². The van der Waals surface area contributed by atoms with Crippen molar-refractivity contribution in [2.45, 2.75) is 13.0 Å². The Kier molecular flexibility index (Phi) is 4.27. The molecule has 0 fully saturated rings. The average molecular weight is 341 g/mol. The molecule has 2 aromatic rings. The highest BCUT2D eigenvalue weighted by Gasteiger charge is 2.43. The highest BCUT2D eigenvalue weighted by molar-refractivity contribution is 6.16. The van der Waals surface area contributed by atoms with Gasteiger partial charge in [-0.25, -0.2) is 4.39 Å². The smallest absolute Gasteiger partial charge is 0.294 e. The minimum Gasteiger partial charge on any atom is -0.503 e. The third-order valence-electron chi connectivity index (χ3n) is 4.12. The zero-order chi connectivity index (χ0) is 18.1. The highest BCUT2D eigenvalue weighted by atomic mass is 19.1. The van der Waals surface area contributed by atoms with Crippen molar-refractivity contribution in [1.29, 1.82) is 0 Å². The molecule has 0 unspecified atom stereocenters. The van der Waals surface area contributed by atoms with Gasteiger partial charge in [0, 0.05) is 5.69 Å². The van der Waals surface area contributed by atoms with E-state index >= 15 is 0 Å². The molecule has 1 heterocycles. The van der Waals surface area contributed by atoms with E-state index in [-0.39, 0.29) is 5.57 Å². The molecule has 3 rings (SSSR count). The van der Waals surface area contributed by atoms with Crippen LogP contribution in [-0.4, -0.2) is 23.9 Å². The van der Waals surface area contributed by atoms with Crippen molar-refractivity contribution in [3.8, 4) is 5.75 Å². The maximum Gasteiger partial charge on any atom is 0.294 e. The number of hydrogen-bond donors (Lipinski definition) is 1. The van der Waals surface area contributed by atoms with Gasteiger partial charge in [0.2, 0.25) is 0 Å². The second kappa shape index (κ2) is 6.39. The van der Waals surface area contributed by atoms with Crippen molar-refractivity contribution in [1.82, 2.24) is 0 Å². The van der Waals surface area contributed by atoms with Gasteiger partial charge in [0.15, 0.2) is 11.5 Å². The third kappa shape index (κ3) is 2.87. The van der Waals surface area contributed by atoms with Crippen LogP contribution in [0.15, 0.2) is 59.9 Å². The Hall–Kier alpha value is -3.15. The number of benzene rings is 2. The Morgan fingerprint density at radius 2 is 1.72 bits per heavy atom. The van der Waals surface area contributed by atoms with E-state index in [9.17, 15) is 19.1 Å². The Labute approximate surface area is 144 Å². The summed E-state index contributed by atoms with van der Waals surface area (Å²) in [6, 6.07) is 11.3. The highest BCUT2D eigenvalue weighted by Crippen LogP contribution is 2.41. The minimum absolute atomic E-state index is 0.00701. The van der Waals surface area contributed by atoms with E-state index in [0.717, 1.165) is 0 Å². The zero-order valence-electron chi connectivity index (χ0n) is 13.7. The summed E-state index contributed by atoms with van der Waals surface area (Å²) in [6.07, 6.45) is 0. The number of ketones is 1. The van der Waals surface area contributed by atoms with E-state index in [0.29, 0.717) is 17.0 Å². The van der Waals surface area contributed by atoms with Crippen molar-refractivity contribution in [3.63, 3.8) is 0 Å². The molecular weight excluding hydrogens is 325 g/mol. The number of nitrogens with zero attached hydrogens (tertiary/aromatic N) is 1. The molecule has 0 bridgehead atoms. The SMILES string of the molecule is COc1ccc(N2C(=O)C(O)=C(C(C)=O)[C@H]2c2ccc(F)cc2)cc1. The van der Waals surface area contributed by atoms with Crippen LogP contribution in [0.1, 0.15) is 18.5 Å². The Bertz CT molecular complexity index is 856. The molecule has 0 spiro atoms. The number of methoxy groups -OCH3 is 1. The summed E-state index contributed by atoms with van der Waals surface area (Å²) in [5.41, 5.74) is 1.01. The number of carbonyl (C=O) groups excluding carboxylic acids is 2. The van der Waals surface area contributed by atoms with Gasteiger partial charge in [0.1, 0.15) is 11.6 Å². The maximum absolute atomic E-state index is 13.3. The van der Waals surface area contributed by atoms with Crippen LogP contribution < -0.4 is 9.64 Å². The summed E-state index contributed by atoms with van der Waals surface area (Å²) in [4.78, 5) is 25.9. The fraction of sp³-hybridized carbons (Fsp3) is 0.158. The lowest BCUT2D eigenvalue weighted by Gasteiger charge is -2.26. The number of anilines is 1. The van der Waals surface area contributed by atoms with Gasteiger partial charge in [-0.3, -0.25) is 14.5 Å². The standard InChI is InChI=1S/C19H16FNO4/c1-11(22)16-17(12-3-5-13(20)6-4-12)21(19(24)18(16)23)14-7-9-15(25-2)10-8-14/h3-10,17,23H,1-2H3/t17-/m1/s1. The van der Waals surface area contributed by atoms with Gasteiger partial charge in [-0.15, -0.1) is 0 Å². The van der Waals surface area contributed by atoms with Gasteiger partial charge in [0.05, 0.1) is 18.7 Å². The lowest BCUT2D eigenvalue weighted by atomic mass is 9.96. The van der Waals surface area contributed by atoms with Crippen molar-refractivity contribution in [3.05, 3.63) is 71.2 Å². The van der Waals surface area contributed by atoms with Crippen molar-refractivity contribution < 1.29 is 23.8 Å². The van der Waals surface area contributed by atoms with Gasteiger partial charge in [-0.2, -0.15) is 0 Å². The van der Waals surface area contributed by atoms with Crippen molar-refractivity contribution in [2.75, 3.05) is 12.0 Å². The second-order valence-corrected chi connectivity index (χ2v) is 5.65. The number of halogens is 1. The third-order valence-corrected chi connectivity index (χ3v) is 4.12. The van der Waals surface area contributed by atoms with Gasteiger partial charge < -0.3 is 9.84 Å². The van der Waals surface area contributed by atoms with Gasteiger partial charge in [0.25, 0.3) is 5.91 Å². The van der Waals surface area contributed by atoms with Gasteiger partial charge >= 0.3 is 0 Å². The molecule has 1 amide bonds. The summed E-state index contributed by atoms with van der Waals surface area (Å²) in [7, 11) is 1.53. The number of rotatable bonds is 4. The van der Waals surface area contributed by atoms with E-state index < -0.39 is 29.3 Å². The fourth-order valence-electron chi connectivity index (χ4n) is 2.93. The van der Waals surface area contributed by atoms with E-state index in [2.05, 4.69) is 0 Å². The first-order valence-electron chi connectivity index (χ1n) is 7.61. The maximum atomic E-state index is 13.3. The second-order valence-electron chi connectivity index (χ2n) is 5.65. The van der Waals surface area contributed by atoms with Gasteiger partial charge in [-0.1, -0.05) is 12.1 Å². The van der Waals surface area contributed by atoms with Crippen LogP contribution in [0.3, 0.4) is 0 Å². The van der Waals surface area contributed by atoms with Crippen LogP contribution in [0.25, 0.3) is 0 Å². The predicted molar refractivity (Wildman–Crippen MR) is 90.0 cm³/mol. The lowest BCUT2D eigenvalue weighted by Crippen LogP contribution is -2.30. The number of carbonyl (C=O) groups is 2. The number of aliphatic hydroxyl groups excluding tert-OH is 1. The first kappa shape index (κ1) is 16.7. The number of ether oxygens (including phenoxy) is 1. The average Bonchev–Trinajstić information content (AvgIpc) is 2.87. The lowest BCUT2D eigenvalue weighted by molar-refractivity contribution is -0.117. The number of Topliss-reactive ketones (excluding diaryl/α,β-unsaturated/α-hetero) is 1. The van der Waals surface area contributed by atoms with Crippen molar-refractivity contribution >= 4 is 17.4 Å². The van der Waals surface area contributed by atoms with Crippen LogP contribution in [0.2, 0.25) is 0 Å². The summed E-state index contributed by atoms with van der Waals surface area (Å²) >= 11 is 0. The first-order chi connectivity index (χ1) is 11.9. The molecule has 0 saturated heterocycles. The van der Waals surface area contributed by atoms with E-state index in [1.165, 1.54) is 43.2 Å². The normalized spacial score (nSPS) is 17.2. The minimum atomic E-state index is -0.820. The molecule has 5 nitrogen and oxygen atoms in total. The Morgan fingerprint density at radius 3 is 2.24 bits per heavy atom. The van der Waals surface area contributed by atoms with E-state index in [1.807, 2.05) is 0 Å². The molecule has 2 aromatic carbocycles. The summed E-state index contributed by atoms with van der Waals surface area (Å²) in [5.74, 6) is -1.50. The molecule has 1 N–H and O–H groups in total. The monoisotopic (exact) mass is 341 g/mol. The Morgan fingerprint density at radius 1 is 1.12 bits per heavy atom. The van der Waals surface area contributed by atoms with Crippen LogP contribution in [0.4, 0.5) is 10.1 Å². The summed E-state index contributed by atoms with van der Waals surface area (Å²) < 4.78 is 18.4. The van der Waals surface area contributed by atoms with Crippen LogP contribution in [0, 0.1) is 5.82 Å². The molecule has 6 heteroatoms. The predicted octanol–water partition coefficient (Wildman–Crippen LogP) is 3.32. The fourth-order valence-corrected chi connectivity index (χ4v) is 2.93.